The molecule has 0 heterocycles. The Morgan fingerprint density at radius 1 is 1.31 bits per heavy atom. The van der Waals surface area contributed by atoms with Gasteiger partial charge in [0.1, 0.15) is 6.10 Å². The Morgan fingerprint density at radius 2 is 1.92 bits per heavy atom. The van der Waals surface area contributed by atoms with Crippen molar-refractivity contribution in [3.05, 3.63) is 0 Å². The number of methoxy groups -OCH3 is 1. The van der Waals surface area contributed by atoms with Crippen LogP contribution in [0.5, 0.6) is 0 Å². The quantitative estimate of drug-likeness (QED) is 0.621. The summed E-state index contributed by atoms with van der Waals surface area (Å²) in [6.07, 6.45) is -0.405. The van der Waals surface area contributed by atoms with Crippen LogP contribution in [0.1, 0.15) is 20.8 Å². The fourth-order valence-corrected chi connectivity index (χ4v) is 0.786. The molecule has 13 heavy (non-hydrogen) atoms. The Labute approximate surface area is 79.6 Å². The molecular weight excluding hydrogens is 170 g/mol. The third-order valence-corrected chi connectivity index (χ3v) is 1.46. The smallest absolute Gasteiger partial charge is 0.249 e. The summed E-state index contributed by atoms with van der Waals surface area (Å²) < 4.78 is 10.0. The van der Waals surface area contributed by atoms with Gasteiger partial charge in [-0.1, -0.05) is 0 Å². The highest BCUT2D eigenvalue weighted by atomic mass is 16.5. The van der Waals surface area contributed by atoms with Crippen LogP contribution in [0.25, 0.3) is 0 Å². The molecule has 0 saturated carbocycles. The van der Waals surface area contributed by atoms with E-state index < -0.39 is 6.10 Å². The largest absolute Gasteiger partial charge is 0.382 e. The SMILES string of the molecule is COCCOC(C)C(=O)NC(C)C. The minimum Gasteiger partial charge on any atom is -0.382 e. The van der Waals surface area contributed by atoms with E-state index in [-0.39, 0.29) is 11.9 Å². The van der Waals surface area contributed by atoms with Crippen LogP contribution in [0, 0.1) is 0 Å². The number of carbonyl (C=O) groups is 1. The molecule has 4 heteroatoms. The number of hydrogen-bond acceptors (Lipinski definition) is 3. The molecule has 0 aliphatic carbocycles. The van der Waals surface area contributed by atoms with Gasteiger partial charge >= 0.3 is 0 Å². The van der Waals surface area contributed by atoms with Gasteiger partial charge in [-0.15, -0.1) is 0 Å². The van der Waals surface area contributed by atoms with Crippen molar-refractivity contribution in [3.8, 4) is 0 Å². The van der Waals surface area contributed by atoms with Gasteiger partial charge in [0.05, 0.1) is 13.2 Å². The summed E-state index contributed by atoms with van der Waals surface area (Å²) in [5.74, 6) is -0.0777. The van der Waals surface area contributed by atoms with Gasteiger partial charge in [-0.2, -0.15) is 0 Å². The Balaban J connectivity index is 3.57. The van der Waals surface area contributed by atoms with E-state index in [1.165, 1.54) is 0 Å². The van der Waals surface area contributed by atoms with Crippen molar-refractivity contribution < 1.29 is 14.3 Å². The van der Waals surface area contributed by atoms with Gasteiger partial charge in [0.15, 0.2) is 0 Å². The van der Waals surface area contributed by atoms with Crippen molar-refractivity contribution in [1.29, 1.82) is 0 Å². The summed E-state index contributed by atoms with van der Waals surface area (Å²) in [7, 11) is 1.60. The van der Waals surface area contributed by atoms with Crippen LogP contribution in [-0.4, -0.2) is 38.4 Å². The van der Waals surface area contributed by atoms with E-state index in [9.17, 15) is 4.79 Å². The molecule has 1 amide bonds. The lowest BCUT2D eigenvalue weighted by Crippen LogP contribution is -2.38. The van der Waals surface area contributed by atoms with Gasteiger partial charge in [0.25, 0.3) is 0 Å². The molecule has 0 rings (SSSR count). The molecule has 0 spiro atoms. The first kappa shape index (κ1) is 12.4. The van der Waals surface area contributed by atoms with Crippen LogP contribution in [0.3, 0.4) is 0 Å². The molecule has 0 aromatic heterocycles. The van der Waals surface area contributed by atoms with E-state index in [2.05, 4.69) is 5.32 Å². The molecule has 0 bridgehead atoms. The fourth-order valence-electron chi connectivity index (χ4n) is 0.786. The van der Waals surface area contributed by atoms with Crippen molar-refractivity contribution in [2.45, 2.75) is 32.9 Å². The van der Waals surface area contributed by atoms with Crippen LogP contribution in [-0.2, 0) is 14.3 Å². The number of carbonyl (C=O) groups excluding carboxylic acids is 1. The minimum absolute atomic E-state index is 0.0777. The van der Waals surface area contributed by atoms with Crippen LogP contribution in [0.15, 0.2) is 0 Å². The minimum atomic E-state index is -0.405. The Bertz CT molecular complexity index is 148. The zero-order chi connectivity index (χ0) is 10.3. The predicted octanol–water partition coefficient (Wildman–Crippen LogP) is 0.562. The summed E-state index contributed by atoms with van der Waals surface area (Å²) >= 11 is 0. The molecule has 4 nitrogen and oxygen atoms in total. The molecule has 0 aliphatic rings. The van der Waals surface area contributed by atoms with E-state index in [4.69, 9.17) is 9.47 Å². The first-order valence-corrected chi connectivity index (χ1v) is 4.48. The predicted molar refractivity (Wildman–Crippen MR) is 50.6 cm³/mol. The number of nitrogens with one attached hydrogen (secondary N) is 1. The summed E-state index contributed by atoms with van der Waals surface area (Å²) in [5, 5.41) is 2.76. The molecule has 0 fully saturated rings. The standard InChI is InChI=1S/C9H19NO3/c1-7(2)10-9(11)8(3)13-6-5-12-4/h7-8H,5-6H2,1-4H3,(H,10,11). The van der Waals surface area contributed by atoms with Gasteiger partial charge in [-0.25, -0.2) is 0 Å². The van der Waals surface area contributed by atoms with Gasteiger partial charge in [0, 0.05) is 13.2 Å². The van der Waals surface area contributed by atoms with Crippen molar-refractivity contribution in [2.75, 3.05) is 20.3 Å². The normalized spacial score (nSPS) is 13.0. The molecular formula is C9H19NO3. The fraction of sp³-hybridized carbons (Fsp3) is 0.889. The second kappa shape index (κ2) is 6.86. The number of ether oxygens (including phenoxy) is 2. The van der Waals surface area contributed by atoms with Crippen LogP contribution in [0.4, 0.5) is 0 Å². The van der Waals surface area contributed by atoms with Crippen LogP contribution >= 0.6 is 0 Å². The zero-order valence-electron chi connectivity index (χ0n) is 8.79. The average molecular weight is 189 g/mol. The topological polar surface area (TPSA) is 47.6 Å². The van der Waals surface area contributed by atoms with Crippen molar-refractivity contribution in [3.63, 3.8) is 0 Å². The van der Waals surface area contributed by atoms with Gasteiger partial charge in [-0.05, 0) is 20.8 Å². The van der Waals surface area contributed by atoms with Crippen molar-refractivity contribution >= 4 is 5.91 Å². The van der Waals surface area contributed by atoms with Crippen molar-refractivity contribution in [2.24, 2.45) is 0 Å². The number of rotatable bonds is 6. The lowest BCUT2D eigenvalue weighted by molar-refractivity contribution is -0.133. The Kier molecular flexibility index (Phi) is 6.54. The first-order chi connectivity index (χ1) is 6.07. The molecule has 0 saturated heterocycles. The Morgan fingerprint density at radius 3 is 2.38 bits per heavy atom. The molecule has 78 valence electrons. The second-order valence-corrected chi connectivity index (χ2v) is 3.17. The van der Waals surface area contributed by atoms with E-state index in [1.54, 1.807) is 14.0 Å². The average Bonchev–Trinajstić information content (AvgIpc) is 2.03. The molecule has 0 aliphatic heterocycles. The third kappa shape index (κ3) is 6.54. The Hall–Kier alpha value is -0.610. The maximum absolute atomic E-state index is 11.3. The third-order valence-electron chi connectivity index (χ3n) is 1.46. The lowest BCUT2D eigenvalue weighted by Gasteiger charge is -2.14. The highest BCUT2D eigenvalue weighted by molar-refractivity contribution is 5.80. The number of hydrogen-bond donors (Lipinski definition) is 1. The summed E-state index contributed by atoms with van der Waals surface area (Å²) in [6, 6.07) is 0.154. The summed E-state index contributed by atoms with van der Waals surface area (Å²) in [6.45, 7) is 6.52. The van der Waals surface area contributed by atoms with Gasteiger partial charge < -0.3 is 14.8 Å². The first-order valence-electron chi connectivity index (χ1n) is 4.48. The molecule has 0 aromatic rings. The monoisotopic (exact) mass is 189 g/mol. The molecule has 1 unspecified atom stereocenters. The van der Waals surface area contributed by atoms with Gasteiger partial charge in [0.2, 0.25) is 5.91 Å². The maximum Gasteiger partial charge on any atom is 0.249 e. The van der Waals surface area contributed by atoms with E-state index >= 15 is 0 Å². The van der Waals surface area contributed by atoms with E-state index in [0.29, 0.717) is 13.2 Å². The molecule has 0 aromatic carbocycles. The van der Waals surface area contributed by atoms with E-state index in [1.807, 2.05) is 13.8 Å². The molecule has 0 radical (unpaired) electrons. The maximum atomic E-state index is 11.3. The van der Waals surface area contributed by atoms with Gasteiger partial charge in [-0.3, -0.25) is 4.79 Å². The van der Waals surface area contributed by atoms with Crippen molar-refractivity contribution in [1.82, 2.24) is 5.32 Å². The van der Waals surface area contributed by atoms with E-state index in [0.717, 1.165) is 0 Å². The summed E-state index contributed by atoms with van der Waals surface area (Å²) in [5.41, 5.74) is 0. The highest BCUT2D eigenvalue weighted by Crippen LogP contribution is 1.91. The summed E-state index contributed by atoms with van der Waals surface area (Å²) in [4.78, 5) is 11.3. The highest BCUT2D eigenvalue weighted by Gasteiger charge is 2.13. The second-order valence-electron chi connectivity index (χ2n) is 3.17. The molecule has 1 atom stereocenters. The lowest BCUT2D eigenvalue weighted by atomic mass is 10.3. The van der Waals surface area contributed by atoms with Crippen LogP contribution < -0.4 is 5.32 Å². The van der Waals surface area contributed by atoms with Crippen LogP contribution in [0.2, 0.25) is 0 Å². The number of amides is 1. The molecule has 1 N–H and O–H groups in total. The zero-order valence-corrected chi connectivity index (χ0v) is 8.79.